The van der Waals surface area contributed by atoms with Gasteiger partial charge in [0, 0.05) is 31.3 Å². The lowest BCUT2D eigenvalue weighted by molar-refractivity contribution is -0.127. The molecular formula is C14H20N2O3. The van der Waals surface area contributed by atoms with Crippen LogP contribution in [0, 0.1) is 5.92 Å². The van der Waals surface area contributed by atoms with Gasteiger partial charge < -0.3 is 14.8 Å². The Morgan fingerprint density at radius 3 is 3.00 bits per heavy atom. The molecule has 2 rings (SSSR count). The summed E-state index contributed by atoms with van der Waals surface area (Å²) in [6.45, 7) is 1.44. The van der Waals surface area contributed by atoms with E-state index in [9.17, 15) is 4.79 Å². The smallest absolute Gasteiger partial charge is 0.223 e. The number of nitrogens with one attached hydrogen (secondary N) is 1. The van der Waals surface area contributed by atoms with Gasteiger partial charge in [-0.2, -0.15) is 0 Å². The van der Waals surface area contributed by atoms with E-state index in [1.54, 1.807) is 13.3 Å². The Kier molecular flexibility index (Phi) is 5.15. The number of rotatable bonds is 7. The maximum Gasteiger partial charge on any atom is 0.223 e. The van der Waals surface area contributed by atoms with Gasteiger partial charge in [-0.05, 0) is 18.9 Å². The summed E-state index contributed by atoms with van der Waals surface area (Å²) in [7, 11) is 1.63. The molecule has 1 amide bonds. The number of pyridine rings is 1. The van der Waals surface area contributed by atoms with Crippen molar-refractivity contribution >= 4 is 5.91 Å². The van der Waals surface area contributed by atoms with Crippen molar-refractivity contribution in [2.24, 2.45) is 5.92 Å². The second kappa shape index (κ2) is 7.09. The Morgan fingerprint density at radius 1 is 1.47 bits per heavy atom. The molecule has 0 atom stereocenters. The van der Waals surface area contributed by atoms with Gasteiger partial charge in [0.1, 0.15) is 6.61 Å². The maximum absolute atomic E-state index is 11.8. The van der Waals surface area contributed by atoms with Gasteiger partial charge in [-0.15, -0.1) is 0 Å². The van der Waals surface area contributed by atoms with E-state index in [4.69, 9.17) is 9.47 Å². The molecule has 19 heavy (non-hydrogen) atoms. The Bertz CT molecular complexity index is 419. The molecule has 1 aliphatic rings. The zero-order valence-corrected chi connectivity index (χ0v) is 11.2. The van der Waals surface area contributed by atoms with E-state index in [1.807, 2.05) is 12.1 Å². The highest BCUT2D eigenvalue weighted by Crippen LogP contribution is 2.26. The molecule has 104 valence electrons. The van der Waals surface area contributed by atoms with Crippen LogP contribution in [0.4, 0.5) is 0 Å². The molecule has 5 nitrogen and oxygen atoms in total. The number of hydrogen-bond donors (Lipinski definition) is 1. The first kappa shape index (κ1) is 13.8. The molecule has 1 aromatic rings. The van der Waals surface area contributed by atoms with E-state index in [-0.39, 0.29) is 11.8 Å². The lowest BCUT2D eigenvalue weighted by Crippen LogP contribution is -2.34. The van der Waals surface area contributed by atoms with E-state index >= 15 is 0 Å². The van der Waals surface area contributed by atoms with Crippen LogP contribution < -0.4 is 10.1 Å². The van der Waals surface area contributed by atoms with Crippen molar-refractivity contribution in [2.75, 3.05) is 20.3 Å². The fourth-order valence-corrected chi connectivity index (χ4v) is 1.91. The Balaban J connectivity index is 1.85. The van der Waals surface area contributed by atoms with Crippen molar-refractivity contribution in [2.45, 2.75) is 25.8 Å². The van der Waals surface area contributed by atoms with Crippen molar-refractivity contribution in [3.8, 4) is 5.88 Å². The summed E-state index contributed by atoms with van der Waals surface area (Å²) in [5.74, 6) is 0.904. The average molecular weight is 264 g/mol. The van der Waals surface area contributed by atoms with Gasteiger partial charge >= 0.3 is 0 Å². The standard InChI is InChI=1S/C14H20N2O3/c1-18-8-9-19-14-12(6-3-7-15-14)10-16-13(17)11-4-2-5-11/h3,6-7,11H,2,4-5,8-10H2,1H3,(H,16,17). The average Bonchev–Trinajstić information content (AvgIpc) is 2.36. The lowest BCUT2D eigenvalue weighted by Gasteiger charge is -2.24. The number of aromatic nitrogens is 1. The Hall–Kier alpha value is -1.62. The minimum absolute atomic E-state index is 0.137. The fraction of sp³-hybridized carbons (Fsp3) is 0.571. The summed E-state index contributed by atoms with van der Waals surface area (Å²) in [6.07, 6.45) is 4.86. The van der Waals surface area contributed by atoms with Crippen LogP contribution >= 0.6 is 0 Å². The highest BCUT2D eigenvalue weighted by molar-refractivity contribution is 5.79. The number of carbonyl (C=O) groups is 1. The van der Waals surface area contributed by atoms with Crippen molar-refractivity contribution in [1.29, 1.82) is 0 Å². The van der Waals surface area contributed by atoms with E-state index in [1.165, 1.54) is 0 Å². The van der Waals surface area contributed by atoms with Gasteiger partial charge in [-0.1, -0.05) is 12.5 Å². The topological polar surface area (TPSA) is 60.5 Å². The second-order valence-corrected chi connectivity index (χ2v) is 4.65. The lowest BCUT2D eigenvalue weighted by atomic mass is 9.85. The molecule has 1 saturated carbocycles. The van der Waals surface area contributed by atoms with E-state index in [0.717, 1.165) is 24.8 Å². The van der Waals surface area contributed by atoms with Crippen LogP contribution in [0.3, 0.4) is 0 Å². The summed E-state index contributed by atoms with van der Waals surface area (Å²) in [5.41, 5.74) is 0.895. The number of ether oxygens (including phenoxy) is 2. The van der Waals surface area contributed by atoms with Crippen LogP contribution in [0.2, 0.25) is 0 Å². The van der Waals surface area contributed by atoms with Gasteiger partial charge in [0.05, 0.1) is 6.61 Å². The van der Waals surface area contributed by atoms with E-state index in [2.05, 4.69) is 10.3 Å². The predicted molar refractivity (Wildman–Crippen MR) is 70.8 cm³/mol. The Morgan fingerprint density at radius 2 is 2.32 bits per heavy atom. The molecule has 1 aliphatic carbocycles. The number of amides is 1. The highest BCUT2D eigenvalue weighted by atomic mass is 16.5. The summed E-state index contributed by atoms with van der Waals surface area (Å²) >= 11 is 0. The minimum Gasteiger partial charge on any atom is -0.475 e. The molecule has 1 aromatic heterocycles. The molecule has 0 radical (unpaired) electrons. The number of methoxy groups -OCH3 is 1. The van der Waals surface area contributed by atoms with Crippen LogP contribution in [-0.4, -0.2) is 31.2 Å². The van der Waals surface area contributed by atoms with Crippen molar-refractivity contribution in [1.82, 2.24) is 10.3 Å². The summed E-state index contributed by atoms with van der Waals surface area (Å²) in [5, 5.41) is 2.94. The fourth-order valence-electron chi connectivity index (χ4n) is 1.91. The summed E-state index contributed by atoms with van der Waals surface area (Å²) in [4.78, 5) is 16.0. The molecular weight excluding hydrogens is 244 g/mol. The zero-order valence-electron chi connectivity index (χ0n) is 11.2. The largest absolute Gasteiger partial charge is 0.475 e. The third kappa shape index (κ3) is 3.92. The van der Waals surface area contributed by atoms with Crippen molar-refractivity contribution in [3.63, 3.8) is 0 Å². The molecule has 0 unspecified atom stereocenters. The monoisotopic (exact) mass is 264 g/mol. The third-order valence-electron chi connectivity index (χ3n) is 3.31. The predicted octanol–water partition coefficient (Wildman–Crippen LogP) is 1.52. The van der Waals surface area contributed by atoms with Crippen LogP contribution in [0.25, 0.3) is 0 Å². The van der Waals surface area contributed by atoms with Crippen LogP contribution in [0.15, 0.2) is 18.3 Å². The molecule has 0 saturated heterocycles. The van der Waals surface area contributed by atoms with Gasteiger partial charge in [0.25, 0.3) is 0 Å². The number of nitrogens with zero attached hydrogens (tertiary/aromatic N) is 1. The highest BCUT2D eigenvalue weighted by Gasteiger charge is 2.24. The maximum atomic E-state index is 11.8. The van der Waals surface area contributed by atoms with Crippen LogP contribution in [0.5, 0.6) is 5.88 Å². The first-order chi connectivity index (χ1) is 9.31. The quantitative estimate of drug-likeness (QED) is 0.759. The molecule has 0 aromatic carbocycles. The summed E-state index contributed by atoms with van der Waals surface area (Å²) < 4.78 is 10.5. The SMILES string of the molecule is COCCOc1ncccc1CNC(=O)C1CCC1. The van der Waals surface area contributed by atoms with Crippen molar-refractivity contribution in [3.05, 3.63) is 23.9 Å². The Labute approximate surface area is 113 Å². The van der Waals surface area contributed by atoms with Gasteiger partial charge in [0.2, 0.25) is 11.8 Å². The van der Waals surface area contributed by atoms with Crippen LogP contribution in [0.1, 0.15) is 24.8 Å². The first-order valence-corrected chi connectivity index (χ1v) is 6.64. The molecule has 0 aliphatic heterocycles. The normalized spacial score (nSPS) is 14.8. The van der Waals surface area contributed by atoms with E-state index < -0.39 is 0 Å². The van der Waals surface area contributed by atoms with Gasteiger partial charge in [-0.3, -0.25) is 4.79 Å². The minimum atomic E-state index is 0.137. The molecule has 1 heterocycles. The van der Waals surface area contributed by atoms with Crippen LogP contribution in [-0.2, 0) is 16.1 Å². The second-order valence-electron chi connectivity index (χ2n) is 4.65. The number of carbonyl (C=O) groups excluding carboxylic acids is 1. The van der Waals surface area contributed by atoms with Crippen molar-refractivity contribution < 1.29 is 14.3 Å². The number of hydrogen-bond acceptors (Lipinski definition) is 4. The molecule has 1 fully saturated rings. The van der Waals surface area contributed by atoms with Gasteiger partial charge in [0.15, 0.2) is 0 Å². The first-order valence-electron chi connectivity index (χ1n) is 6.64. The summed E-state index contributed by atoms with van der Waals surface area (Å²) in [6, 6.07) is 3.75. The van der Waals surface area contributed by atoms with E-state index in [0.29, 0.717) is 25.6 Å². The molecule has 1 N–H and O–H groups in total. The van der Waals surface area contributed by atoms with Gasteiger partial charge in [-0.25, -0.2) is 4.98 Å². The zero-order chi connectivity index (χ0) is 13.5. The molecule has 5 heteroatoms. The molecule has 0 spiro atoms. The molecule has 0 bridgehead atoms. The third-order valence-corrected chi connectivity index (χ3v) is 3.31.